The van der Waals surface area contributed by atoms with Crippen molar-refractivity contribution in [3.8, 4) is 0 Å². The van der Waals surface area contributed by atoms with Crippen LogP contribution in [0.4, 0.5) is 22.4 Å². The molecule has 5 nitrogen and oxygen atoms in total. The number of nitrogens with one attached hydrogen (secondary N) is 2. The Labute approximate surface area is 171 Å². The summed E-state index contributed by atoms with van der Waals surface area (Å²) in [6.45, 7) is 0. The smallest absolute Gasteiger partial charge is 0.366 e. The number of benzene rings is 2. The molecule has 3 N–H and O–H groups in total. The van der Waals surface area contributed by atoms with Gasteiger partial charge in [0.25, 0.3) is 0 Å². The highest BCUT2D eigenvalue weighted by Crippen LogP contribution is 2.44. The number of hydrogen-bond acceptors (Lipinski definition) is 3. The largest absolute Gasteiger partial charge is 0.450 e. The number of urea groups is 1. The molecule has 1 heterocycles. The number of Topliss-reactive ketones (excluding diaryl/α,β-unsaturated/α-hetero) is 1. The molecule has 2 aromatic rings. The van der Waals surface area contributed by atoms with Crippen molar-refractivity contribution in [2.24, 2.45) is 5.92 Å². The Morgan fingerprint density at radius 2 is 1.72 bits per heavy atom. The highest BCUT2D eigenvalue weighted by molar-refractivity contribution is 6.35. The van der Waals surface area contributed by atoms with E-state index in [1.807, 2.05) is 5.32 Å². The fourth-order valence-corrected chi connectivity index (χ4v) is 3.76. The van der Waals surface area contributed by atoms with Gasteiger partial charge in [-0.2, -0.15) is 13.2 Å². The number of halogens is 6. The predicted octanol–water partition coefficient (Wildman–Crippen LogP) is 4.08. The van der Waals surface area contributed by atoms with Gasteiger partial charge in [0.1, 0.15) is 11.7 Å². The first-order valence-corrected chi connectivity index (χ1v) is 8.82. The van der Waals surface area contributed by atoms with Crippen molar-refractivity contribution in [2.45, 2.75) is 17.9 Å². The van der Waals surface area contributed by atoms with E-state index in [0.717, 1.165) is 24.3 Å². The molecule has 0 radical (unpaired) electrons. The number of rotatable bonds is 3. The van der Waals surface area contributed by atoms with Gasteiger partial charge in [0.15, 0.2) is 5.72 Å². The quantitative estimate of drug-likeness (QED) is 0.616. The van der Waals surface area contributed by atoms with Crippen LogP contribution in [0.25, 0.3) is 0 Å². The molecule has 0 aliphatic carbocycles. The Hall–Kier alpha value is -2.36. The van der Waals surface area contributed by atoms with Crippen LogP contribution in [0.2, 0.25) is 10.0 Å². The Balaban J connectivity index is 2.22. The van der Waals surface area contributed by atoms with E-state index in [1.54, 1.807) is 0 Å². The summed E-state index contributed by atoms with van der Waals surface area (Å²) in [6.07, 6.45) is -5.35. The normalized spacial score (nSPS) is 24.6. The molecule has 0 bridgehead atoms. The summed E-state index contributed by atoms with van der Waals surface area (Å²) in [5.41, 5.74) is -3.17. The molecule has 3 rings (SSSR count). The van der Waals surface area contributed by atoms with E-state index in [0.29, 0.717) is 0 Å². The molecule has 2 amide bonds. The zero-order chi connectivity index (χ0) is 21.6. The number of alkyl halides is 3. The van der Waals surface area contributed by atoms with Crippen molar-refractivity contribution in [3.63, 3.8) is 0 Å². The van der Waals surface area contributed by atoms with Crippen LogP contribution >= 0.6 is 23.2 Å². The van der Waals surface area contributed by atoms with Crippen LogP contribution in [-0.2, 0) is 10.5 Å². The Bertz CT molecular complexity index is 969. The van der Waals surface area contributed by atoms with E-state index >= 15 is 0 Å². The van der Waals surface area contributed by atoms with Gasteiger partial charge in [-0.25, -0.2) is 9.18 Å². The van der Waals surface area contributed by atoms with E-state index in [2.05, 4.69) is 5.32 Å². The van der Waals surface area contributed by atoms with Crippen LogP contribution < -0.4 is 10.6 Å². The highest BCUT2D eigenvalue weighted by Gasteiger charge is 2.59. The monoisotopic (exact) mass is 450 g/mol. The third kappa shape index (κ3) is 4.03. The Morgan fingerprint density at radius 3 is 2.28 bits per heavy atom. The third-order valence-electron chi connectivity index (χ3n) is 4.52. The van der Waals surface area contributed by atoms with Gasteiger partial charge in [-0.3, -0.25) is 4.79 Å². The molecule has 154 valence electrons. The maximum Gasteiger partial charge on any atom is 0.450 e. The molecule has 3 atom stereocenters. The summed E-state index contributed by atoms with van der Waals surface area (Å²) in [6, 6.07) is 4.75. The van der Waals surface area contributed by atoms with Crippen molar-refractivity contribution < 1.29 is 32.3 Å². The van der Waals surface area contributed by atoms with Crippen LogP contribution in [0.5, 0.6) is 0 Å². The van der Waals surface area contributed by atoms with E-state index in [1.165, 1.54) is 18.2 Å². The molecule has 1 fully saturated rings. The molecule has 1 saturated heterocycles. The van der Waals surface area contributed by atoms with Gasteiger partial charge >= 0.3 is 12.2 Å². The standard InChI is InChI=1S/C18H12Cl2F4N2O3/c19-9-3-6-11(12(20)7-9)14-13(15(27)18(22,23)24)17(29,26-16(28)25-14)8-1-4-10(21)5-2-8/h1-7,13-14,29H,(H2,25,26,28). The number of carbonyl (C=O) groups is 2. The van der Waals surface area contributed by atoms with Crippen LogP contribution in [0.3, 0.4) is 0 Å². The molecule has 0 aromatic heterocycles. The molecular weight excluding hydrogens is 439 g/mol. The zero-order valence-electron chi connectivity index (χ0n) is 14.2. The fourth-order valence-electron chi connectivity index (χ4n) is 3.24. The molecule has 3 unspecified atom stereocenters. The molecule has 11 heteroatoms. The lowest BCUT2D eigenvalue weighted by Gasteiger charge is -2.45. The molecule has 0 spiro atoms. The van der Waals surface area contributed by atoms with Gasteiger partial charge in [-0.15, -0.1) is 0 Å². The fraction of sp³-hybridized carbons (Fsp3) is 0.222. The number of ketones is 1. The van der Waals surface area contributed by atoms with Crippen molar-refractivity contribution in [2.75, 3.05) is 0 Å². The second kappa shape index (κ2) is 7.47. The van der Waals surface area contributed by atoms with E-state index in [4.69, 9.17) is 23.2 Å². The first-order chi connectivity index (χ1) is 13.4. The first kappa shape index (κ1) is 21.4. The van der Waals surface area contributed by atoms with Gasteiger partial charge in [0.05, 0.1) is 6.04 Å². The Kier molecular flexibility index (Phi) is 5.50. The molecule has 1 aliphatic rings. The Morgan fingerprint density at radius 1 is 1.10 bits per heavy atom. The number of aliphatic hydroxyl groups is 1. The van der Waals surface area contributed by atoms with Gasteiger partial charge in [0, 0.05) is 15.6 Å². The number of amides is 2. The summed E-state index contributed by atoms with van der Waals surface area (Å²) in [5, 5.41) is 15.3. The topological polar surface area (TPSA) is 78.4 Å². The van der Waals surface area contributed by atoms with Gasteiger partial charge in [-0.1, -0.05) is 41.4 Å². The summed E-state index contributed by atoms with van der Waals surface area (Å²) in [5.74, 6) is -5.31. The van der Waals surface area contributed by atoms with Crippen molar-refractivity contribution in [1.29, 1.82) is 0 Å². The van der Waals surface area contributed by atoms with Crippen LogP contribution in [-0.4, -0.2) is 23.1 Å². The van der Waals surface area contributed by atoms with Gasteiger partial charge in [-0.05, 0) is 29.8 Å². The molecule has 0 saturated carbocycles. The lowest BCUT2D eigenvalue weighted by Crippen LogP contribution is -2.66. The number of hydrogen-bond donors (Lipinski definition) is 3. The van der Waals surface area contributed by atoms with Crippen LogP contribution in [0.15, 0.2) is 42.5 Å². The van der Waals surface area contributed by atoms with E-state index in [-0.39, 0.29) is 21.2 Å². The van der Waals surface area contributed by atoms with Crippen LogP contribution in [0, 0.1) is 11.7 Å². The average Bonchev–Trinajstić information content (AvgIpc) is 2.60. The first-order valence-electron chi connectivity index (χ1n) is 8.06. The average molecular weight is 451 g/mol. The second-order valence-electron chi connectivity index (χ2n) is 6.35. The molecule has 2 aromatic carbocycles. The van der Waals surface area contributed by atoms with Crippen LogP contribution in [0.1, 0.15) is 17.2 Å². The second-order valence-corrected chi connectivity index (χ2v) is 7.20. The van der Waals surface area contributed by atoms with Crippen molar-refractivity contribution in [3.05, 3.63) is 69.5 Å². The summed E-state index contributed by atoms with van der Waals surface area (Å²) < 4.78 is 53.5. The summed E-state index contributed by atoms with van der Waals surface area (Å²) in [7, 11) is 0. The minimum atomic E-state index is -5.35. The maximum absolute atomic E-state index is 13.4. The lowest BCUT2D eigenvalue weighted by molar-refractivity contribution is -0.190. The molecular formula is C18H12Cl2F4N2O3. The number of carbonyl (C=O) groups excluding carboxylic acids is 2. The maximum atomic E-state index is 13.4. The minimum absolute atomic E-state index is 0.0611. The van der Waals surface area contributed by atoms with Gasteiger partial charge in [0.2, 0.25) is 5.78 Å². The highest BCUT2D eigenvalue weighted by atomic mass is 35.5. The van der Waals surface area contributed by atoms with Crippen molar-refractivity contribution in [1.82, 2.24) is 10.6 Å². The SMILES string of the molecule is O=C1NC(c2ccc(Cl)cc2Cl)C(C(=O)C(F)(F)F)C(O)(c2ccc(F)cc2)N1. The summed E-state index contributed by atoms with van der Waals surface area (Å²) in [4.78, 5) is 24.5. The van der Waals surface area contributed by atoms with E-state index in [9.17, 15) is 32.3 Å². The van der Waals surface area contributed by atoms with E-state index < -0.39 is 41.5 Å². The third-order valence-corrected chi connectivity index (χ3v) is 5.08. The molecule has 29 heavy (non-hydrogen) atoms. The predicted molar refractivity (Wildman–Crippen MR) is 95.7 cm³/mol. The summed E-state index contributed by atoms with van der Waals surface area (Å²) >= 11 is 11.9. The van der Waals surface area contributed by atoms with Gasteiger partial charge < -0.3 is 15.7 Å². The zero-order valence-corrected chi connectivity index (χ0v) is 15.7. The minimum Gasteiger partial charge on any atom is -0.366 e. The molecule has 1 aliphatic heterocycles. The van der Waals surface area contributed by atoms with Crippen molar-refractivity contribution >= 4 is 35.0 Å². The lowest BCUT2D eigenvalue weighted by atomic mass is 9.76.